The molecule has 6 nitrogen and oxygen atoms in total. The molecule has 1 fully saturated rings. The molecule has 0 aromatic carbocycles. The van der Waals surface area contributed by atoms with Gasteiger partial charge in [-0.25, -0.2) is 19.3 Å². The topological polar surface area (TPSA) is 86.7 Å². The number of nitrogens with zero attached hydrogens (tertiary/aromatic N) is 3. The van der Waals surface area contributed by atoms with E-state index >= 15 is 0 Å². The molecule has 0 aliphatic heterocycles. The maximum atomic E-state index is 14.3. The molecule has 0 amide bonds. The van der Waals surface area contributed by atoms with Gasteiger partial charge >= 0.3 is 0 Å². The second kappa shape index (κ2) is 6.48. The maximum Gasteiger partial charge on any atom is 0.183 e. The summed E-state index contributed by atoms with van der Waals surface area (Å²) in [7, 11) is 0. The van der Waals surface area contributed by atoms with Crippen LogP contribution in [0.3, 0.4) is 0 Å². The molecule has 26 heavy (non-hydrogen) atoms. The van der Waals surface area contributed by atoms with E-state index in [0.29, 0.717) is 28.5 Å². The van der Waals surface area contributed by atoms with E-state index in [0.717, 1.165) is 30.8 Å². The number of anilines is 1. The van der Waals surface area contributed by atoms with Crippen LogP contribution in [-0.4, -0.2) is 36.7 Å². The minimum Gasteiger partial charge on any atom is -0.388 e. The number of nitrogens with one attached hydrogen (secondary N) is 2. The van der Waals surface area contributed by atoms with Crippen LogP contribution in [0.2, 0.25) is 5.02 Å². The molecule has 4 rings (SSSR count). The van der Waals surface area contributed by atoms with Crippen LogP contribution in [0, 0.1) is 5.82 Å². The summed E-state index contributed by atoms with van der Waals surface area (Å²) in [6, 6.07) is 1.51. The SMILES string of the molecule is C[C@]1(O)CCCC[C@H]1Nc1nc(-c2c[nH]c3ncc(Cl)cc23)ncc1F. The first-order valence-corrected chi connectivity index (χ1v) is 8.96. The molecule has 1 aliphatic rings. The Labute approximate surface area is 154 Å². The van der Waals surface area contributed by atoms with E-state index in [1.54, 1.807) is 25.4 Å². The van der Waals surface area contributed by atoms with Gasteiger partial charge in [-0.05, 0) is 25.8 Å². The highest BCUT2D eigenvalue weighted by atomic mass is 35.5. The average molecular weight is 376 g/mol. The van der Waals surface area contributed by atoms with Gasteiger partial charge in [0.15, 0.2) is 17.5 Å². The van der Waals surface area contributed by atoms with Crippen molar-refractivity contribution in [1.82, 2.24) is 19.9 Å². The van der Waals surface area contributed by atoms with E-state index in [1.165, 1.54) is 0 Å². The van der Waals surface area contributed by atoms with Crippen molar-refractivity contribution in [3.05, 3.63) is 35.5 Å². The Morgan fingerprint density at radius 3 is 3.00 bits per heavy atom. The molecule has 1 aliphatic carbocycles. The number of hydrogen-bond acceptors (Lipinski definition) is 5. The second-order valence-electron chi connectivity index (χ2n) is 6.94. The Balaban J connectivity index is 1.71. The first kappa shape index (κ1) is 17.2. The van der Waals surface area contributed by atoms with Crippen LogP contribution in [0.5, 0.6) is 0 Å². The highest BCUT2D eigenvalue weighted by Gasteiger charge is 2.35. The highest BCUT2D eigenvalue weighted by molar-refractivity contribution is 6.31. The summed E-state index contributed by atoms with van der Waals surface area (Å²) in [5.74, 6) is -0.0997. The minimum absolute atomic E-state index is 0.0894. The first-order chi connectivity index (χ1) is 12.4. The normalized spacial score (nSPS) is 23.3. The third kappa shape index (κ3) is 3.12. The monoisotopic (exact) mass is 375 g/mol. The van der Waals surface area contributed by atoms with Gasteiger partial charge < -0.3 is 15.4 Å². The van der Waals surface area contributed by atoms with Crippen molar-refractivity contribution in [1.29, 1.82) is 0 Å². The number of H-pyrrole nitrogens is 1. The van der Waals surface area contributed by atoms with Gasteiger partial charge in [0, 0.05) is 23.3 Å². The van der Waals surface area contributed by atoms with Gasteiger partial charge in [-0.3, -0.25) is 0 Å². The van der Waals surface area contributed by atoms with Crippen molar-refractivity contribution < 1.29 is 9.50 Å². The van der Waals surface area contributed by atoms with Crippen molar-refractivity contribution >= 4 is 28.5 Å². The van der Waals surface area contributed by atoms with Crippen molar-refractivity contribution in [3.8, 4) is 11.4 Å². The lowest BCUT2D eigenvalue weighted by Gasteiger charge is -2.37. The molecule has 0 unspecified atom stereocenters. The lowest BCUT2D eigenvalue weighted by Crippen LogP contribution is -2.47. The number of fused-ring (bicyclic) bond motifs is 1. The van der Waals surface area contributed by atoms with E-state index < -0.39 is 11.4 Å². The van der Waals surface area contributed by atoms with Crippen LogP contribution < -0.4 is 5.32 Å². The molecule has 3 aromatic heterocycles. The number of rotatable bonds is 3. The standard InChI is InChI=1S/C18H19ClFN5O/c1-18(26)5-3-2-4-14(18)24-17-13(20)9-23-16(25-17)12-8-22-15-11(12)6-10(19)7-21-15/h6-9,14,26H,2-5H2,1H3,(H,21,22)(H,23,24,25)/t14-,18+/m1/s1. The molecule has 0 bridgehead atoms. The molecule has 2 atom stereocenters. The zero-order valence-corrected chi connectivity index (χ0v) is 15.0. The molecule has 0 saturated heterocycles. The lowest BCUT2D eigenvalue weighted by molar-refractivity contribution is 0.0103. The lowest BCUT2D eigenvalue weighted by atomic mass is 9.82. The zero-order valence-electron chi connectivity index (χ0n) is 14.3. The molecule has 3 N–H and O–H groups in total. The molecule has 1 saturated carbocycles. The molecule has 0 radical (unpaired) electrons. The third-order valence-electron chi connectivity index (χ3n) is 4.97. The fourth-order valence-electron chi connectivity index (χ4n) is 3.47. The summed E-state index contributed by atoms with van der Waals surface area (Å²) < 4.78 is 14.3. The van der Waals surface area contributed by atoms with E-state index in [2.05, 4.69) is 25.3 Å². The predicted molar refractivity (Wildman–Crippen MR) is 98.6 cm³/mol. The fourth-order valence-corrected chi connectivity index (χ4v) is 3.63. The number of aromatic nitrogens is 4. The maximum absolute atomic E-state index is 14.3. The van der Waals surface area contributed by atoms with Gasteiger partial charge in [0.05, 0.1) is 22.9 Å². The number of pyridine rings is 1. The Morgan fingerprint density at radius 1 is 1.35 bits per heavy atom. The average Bonchev–Trinajstić information content (AvgIpc) is 3.01. The number of aliphatic hydroxyl groups is 1. The van der Waals surface area contributed by atoms with Gasteiger partial charge in [0.1, 0.15) is 5.65 Å². The first-order valence-electron chi connectivity index (χ1n) is 8.58. The number of hydrogen-bond donors (Lipinski definition) is 3. The van der Waals surface area contributed by atoms with Crippen LogP contribution in [-0.2, 0) is 0 Å². The van der Waals surface area contributed by atoms with Gasteiger partial charge in [0.25, 0.3) is 0 Å². The summed E-state index contributed by atoms with van der Waals surface area (Å²) in [6.45, 7) is 1.77. The molecular formula is C18H19ClFN5O. The summed E-state index contributed by atoms with van der Waals surface area (Å²) in [4.78, 5) is 15.7. The molecule has 136 valence electrons. The highest BCUT2D eigenvalue weighted by Crippen LogP contribution is 2.32. The number of halogens is 2. The van der Waals surface area contributed by atoms with Crippen molar-refractivity contribution in [2.45, 2.75) is 44.2 Å². The summed E-state index contributed by atoms with van der Waals surface area (Å²) in [6.07, 6.45) is 7.80. The van der Waals surface area contributed by atoms with E-state index in [4.69, 9.17) is 11.6 Å². The van der Waals surface area contributed by atoms with Gasteiger partial charge in [-0.1, -0.05) is 24.4 Å². The quantitative estimate of drug-likeness (QED) is 0.646. The van der Waals surface area contributed by atoms with Crippen molar-refractivity contribution in [2.24, 2.45) is 0 Å². The van der Waals surface area contributed by atoms with E-state index in [1.807, 2.05) is 0 Å². The predicted octanol–water partition coefficient (Wildman–Crippen LogP) is 3.92. The smallest absolute Gasteiger partial charge is 0.183 e. The van der Waals surface area contributed by atoms with Crippen LogP contribution in [0.4, 0.5) is 10.2 Å². The van der Waals surface area contributed by atoms with Crippen molar-refractivity contribution in [3.63, 3.8) is 0 Å². The van der Waals surface area contributed by atoms with Crippen molar-refractivity contribution in [2.75, 3.05) is 5.32 Å². The molecule has 3 aromatic rings. The summed E-state index contributed by atoms with van der Waals surface area (Å²) in [5, 5.41) is 14.9. The van der Waals surface area contributed by atoms with Crippen LogP contribution in [0.15, 0.2) is 24.7 Å². The van der Waals surface area contributed by atoms with Crippen LogP contribution in [0.1, 0.15) is 32.6 Å². The Hall–Kier alpha value is -2.25. The van der Waals surface area contributed by atoms with Gasteiger partial charge in [0.2, 0.25) is 0 Å². The van der Waals surface area contributed by atoms with E-state index in [-0.39, 0.29) is 11.9 Å². The third-order valence-corrected chi connectivity index (χ3v) is 5.18. The van der Waals surface area contributed by atoms with Crippen LogP contribution >= 0.6 is 11.6 Å². The van der Waals surface area contributed by atoms with Gasteiger partial charge in [-0.2, -0.15) is 0 Å². The Bertz CT molecular complexity index is 958. The van der Waals surface area contributed by atoms with Crippen LogP contribution in [0.25, 0.3) is 22.4 Å². The minimum atomic E-state index is -0.895. The molecule has 3 heterocycles. The van der Waals surface area contributed by atoms with Gasteiger partial charge in [-0.15, -0.1) is 0 Å². The summed E-state index contributed by atoms with van der Waals surface area (Å²) >= 11 is 6.03. The zero-order chi connectivity index (χ0) is 18.3. The molecular weight excluding hydrogens is 357 g/mol. The summed E-state index contributed by atoms with van der Waals surface area (Å²) in [5.41, 5.74) is 0.448. The molecule has 0 spiro atoms. The Morgan fingerprint density at radius 2 is 2.19 bits per heavy atom. The fraction of sp³-hybridized carbons (Fsp3) is 0.389. The van der Waals surface area contributed by atoms with E-state index in [9.17, 15) is 9.50 Å². The second-order valence-corrected chi connectivity index (χ2v) is 7.38. The number of aromatic amines is 1. The largest absolute Gasteiger partial charge is 0.388 e. The molecule has 8 heteroatoms. The Kier molecular flexibility index (Phi) is 4.28.